The van der Waals surface area contributed by atoms with E-state index in [1.165, 1.54) is 65.9 Å². The molecule has 0 bridgehead atoms. The fourth-order valence-electron chi connectivity index (χ4n) is 10.5. The summed E-state index contributed by atoms with van der Waals surface area (Å²) < 4.78 is 4.82. The summed E-state index contributed by atoms with van der Waals surface area (Å²) >= 11 is 0. The van der Waals surface area contributed by atoms with E-state index >= 15 is 0 Å². The molecule has 0 N–H and O–H groups in total. The molecule has 0 aliphatic heterocycles. The molecule has 2 heterocycles. The summed E-state index contributed by atoms with van der Waals surface area (Å²) in [5.41, 5.74) is 16.6. The zero-order valence-electron chi connectivity index (χ0n) is 44.1. The van der Waals surface area contributed by atoms with Crippen LogP contribution >= 0.6 is 0 Å². The quantitative estimate of drug-likeness (QED) is 0.121. The van der Waals surface area contributed by atoms with Crippen LogP contribution in [0.3, 0.4) is 0 Å². The standard InChI is InChI=1S/C70H64N2/c1-67(2,3)47-27-37-63-59(41-47)60-42-48(68(4,5)6)28-38-64(60)71(63)51-31-21-45(22-32-51)25-35-57-53-17-13-15-19-55(53)58(56-20-16-14-18-54(56)57)36-26-46-23-33-52(34-24-46)72-65-39-29-49(69(7,8)9)43-61(65)62-44-50(70(10,11)12)30-40-66(62)72/h13-24,27-34,37-44H,1-12H3. The Balaban J connectivity index is 0.948. The Morgan fingerprint density at radius 2 is 0.514 bits per heavy atom. The van der Waals surface area contributed by atoms with E-state index in [1.54, 1.807) is 0 Å². The van der Waals surface area contributed by atoms with Gasteiger partial charge in [0.05, 0.1) is 22.1 Å². The average Bonchev–Trinajstić information content (AvgIpc) is 3.86. The van der Waals surface area contributed by atoms with Gasteiger partial charge in [0.1, 0.15) is 0 Å². The van der Waals surface area contributed by atoms with E-state index in [2.05, 4.69) is 286 Å². The molecular formula is C70H64N2. The second kappa shape index (κ2) is 16.9. The summed E-state index contributed by atoms with van der Waals surface area (Å²) in [5.74, 6) is 14.5. The zero-order valence-corrected chi connectivity index (χ0v) is 44.1. The van der Waals surface area contributed by atoms with Crippen molar-refractivity contribution in [3.8, 4) is 35.1 Å². The molecule has 0 saturated carbocycles. The molecule has 0 spiro atoms. The van der Waals surface area contributed by atoms with Crippen LogP contribution in [-0.4, -0.2) is 9.13 Å². The van der Waals surface area contributed by atoms with Crippen LogP contribution in [0.25, 0.3) is 76.5 Å². The molecule has 0 aliphatic carbocycles. The predicted molar refractivity (Wildman–Crippen MR) is 310 cm³/mol. The zero-order chi connectivity index (χ0) is 50.5. The normalized spacial score (nSPS) is 12.5. The highest BCUT2D eigenvalue weighted by Gasteiger charge is 2.23. The van der Waals surface area contributed by atoms with E-state index in [0.717, 1.165) is 55.2 Å². The Morgan fingerprint density at radius 3 is 0.750 bits per heavy atom. The molecule has 354 valence electrons. The minimum Gasteiger partial charge on any atom is -0.309 e. The van der Waals surface area contributed by atoms with Crippen molar-refractivity contribution in [1.29, 1.82) is 0 Å². The molecular weight excluding hydrogens is 869 g/mol. The minimum absolute atomic E-state index is 0.0497. The Labute approximate surface area is 426 Å². The lowest BCUT2D eigenvalue weighted by Gasteiger charge is -2.19. The number of hydrogen-bond acceptors (Lipinski definition) is 0. The van der Waals surface area contributed by atoms with Crippen molar-refractivity contribution in [1.82, 2.24) is 9.13 Å². The van der Waals surface area contributed by atoms with Gasteiger partial charge in [-0.25, -0.2) is 0 Å². The molecule has 0 aliphatic rings. The van der Waals surface area contributed by atoms with Gasteiger partial charge in [0, 0.05) is 55.2 Å². The Morgan fingerprint density at radius 1 is 0.264 bits per heavy atom. The second-order valence-corrected chi connectivity index (χ2v) is 24.0. The molecule has 2 heteroatoms. The van der Waals surface area contributed by atoms with Crippen molar-refractivity contribution in [2.75, 3.05) is 0 Å². The summed E-state index contributed by atoms with van der Waals surface area (Å²) in [5, 5.41) is 9.56. The molecule has 11 rings (SSSR count). The molecule has 72 heavy (non-hydrogen) atoms. The van der Waals surface area contributed by atoms with Gasteiger partial charge >= 0.3 is 0 Å². The fraction of sp³-hybridized carbons (Fsp3) is 0.229. The van der Waals surface area contributed by atoms with Crippen molar-refractivity contribution in [3.05, 3.63) is 214 Å². The monoisotopic (exact) mass is 933 g/mol. The van der Waals surface area contributed by atoms with E-state index < -0.39 is 0 Å². The molecule has 0 unspecified atom stereocenters. The van der Waals surface area contributed by atoms with Gasteiger partial charge in [-0.05, 0) is 163 Å². The first kappa shape index (κ1) is 46.6. The maximum Gasteiger partial charge on any atom is 0.0541 e. The van der Waals surface area contributed by atoms with E-state index in [1.807, 2.05) is 0 Å². The lowest BCUT2D eigenvalue weighted by Crippen LogP contribution is -2.10. The number of nitrogens with zero attached hydrogens (tertiary/aromatic N) is 2. The smallest absolute Gasteiger partial charge is 0.0541 e. The molecule has 0 amide bonds. The van der Waals surface area contributed by atoms with Crippen LogP contribution < -0.4 is 0 Å². The number of fused-ring (bicyclic) bond motifs is 8. The van der Waals surface area contributed by atoms with Gasteiger partial charge in [-0.3, -0.25) is 0 Å². The van der Waals surface area contributed by atoms with Crippen molar-refractivity contribution in [2.24, 2.45) is 0 Å². The van der Waals surface area contributed by atoms with Crippen molar-refractivity contribution < 1.29 is 0 Å². The first-order valence-corrected chi connectivity index (χ1v) is 25.6. The third-order valence-electron chi connectivity index (χ3n) is 14.8. The lowest BCUT2D eigenvalue weighted by atomic mass is 9.85. The maximum atomic E-state index is 3.66. The molecule has 0 fully saturated rings. The average molecular weight is 933 g/mol. The molecule has 0 radical (unpaired) electrons. The number of hydrogen-bond donors (Lipinski definition) is 0. The van der Waals surface area contributed by atoms with Crippen LogP contribution in [0, 0.1) is 23.7 Å². The minimum atomic E-state index is 0.0497. The molecule has 2 aromatic heterocycles. The molecule has 0 atom stereocenters. The fourth-order valence-corrected chi connectivity index (χ4v) is 10.5. The first-order chi connectivity index (χ1) is 34.2. The topological polar surface area (TPSA) is 9.86 Å². The maximum absolute atomic E-state index is 3.66. The molecule has 9 aromatic carbocycles. The van der Waals surface area contributed by atoms with Crippen LogP contribution in [0.2, 0.25) is 0 Å². The summed E-state index contributed by atoms with van der Waals surface area (Å²) in [7, 11) is 0. The van der Waals surface area contributed by atoms with Gasteiger partial charge in [0.25, 0.3) is 0 Å². The van der Waals surface area contributed by atoms with Crippen LogP contribution in [0.4, 0.5) is 0 Å². The van der Waals surface area contributed by atoms with Crippen LogP contribution in [0.5, 0.6) is 0 Å². The first-order valence-electron chi connectivity index (χ1n) is 25.6. The van der Waals surface area contributed by atoms with E-state index in [9.17, 15) is 0 Å². The predicted octanol–water partition coefficient (Wildman–Crippen LogP) is 18.2. The third kappa shape index (κ3) is 8.24. The van der Waals surface area contributed by atoms with Gasteiger partial charge in [0.15, 0.2) is 0 Å². The van der Waals surface area contributed by atoms with Gasteiger partial charge in [-0.15, -0.1) is 0 Å². The summed E-state index contributed by atoms with van der Waals surface area (Å²) in [4.78, 5) is 0. The van der Waals surface area contributed by atoms with Crippen LogP contribution in [-0.2, 0) is 21.7 Å². The van der Waals surface area contributed by atoms with Gasteiger partial charge in [0.2, 0.25) is 0 Å². The molecule has 0 saturated heterocycles. The second-order valence-electron chi connectivity index (χ2n) is 24.0. The van der Waals surface area contributed by atoms with Crippen LogP contribution in [0.15, 0.2) is 170 Å². The number of rotatable bonds is 2. The third-order valence-corrected chi connectivity index (χ3v) is 14.8. The Bertz CT molecular complexity index is 3630. The summed E-state index contributed by atoms with van der Waals surface area (Å²) in [6, 6.07) is 62.7. The largest absolute Gasteiger partial charge is 0.309 e. The van der Waals surface area contributed by atoms with E-state index in [-0.39, 0.29) is 21.7 Å². The van der Waals surface area contributed by atoms with Gasteiger partial charge in [-0.1, -0.05) is 180 Å². The lowest BCUT2D eigenvalue weighted by molar-refractivity contribution is 0.590. The highest BCUT2D eigenvalue weighted by Crippen LogP contribution is 2.40. The molecule has 2 nitrogen and oxygen atoms in total. The van der Waals surface area contributed by atoms with E-state index in [0.29, 0.717) is 0 Å². The highest BCUT2D eigenvalue weighted by molar-refractivity contribution is 6.12. The highest BCUT2D eigenvalue weighted by atomic mass is 15.0. The molecule has 11 aromatic rings. The summed E-state index contributed by atoms with van der Waals surface area (Å²) in [6.07, 6.45) is 0. The van der Waals surface area contributed by atoms with Crippen LogP contribution in [0.1, 0.15) is 128 Å². The Kier molecular flexibility index (Phi) is 11.0. The number of aromatic nitrogens is 2. The van der Waals surface area contributed by atoms with Gasteiger partial charge < -0.3 is 9.13 Å². The van der Waals surface area contributed by atoms with Gasteiger partial charge in [-0.2, -0.15) is 0 Å². The van der Waals surface area contributed by atoms with Crippen molar-refractivity contribution in [2.45, 2.75) is 105 Å². The number of benzene rings is 9. The summed E-state index contributed by atoms with van der Waals surface area (Å²) in [6.45, 7) is 27.5. The van der Waals surface area contributed by atoms with Crippen molar-refractivity contribution >= 4 is 65.2 Å². The van der Waals surface area contributed by atoms with Crippen molar-refractivity contribution in [3.63, 3.8) is 0 Å². The van der Waals surface area contributed by atoms with E-state index in [4.69, 9.17) is 0 Å². The SMILES string of the molecule is CC(C)(C)c1ccc2c(c1)c1cc(C(C)(C)C)ccc1n2-c1ccc(C#Cc2c3ccccc3c(C#Cc3ccc(-n4c5ccc(C(C)(C)C)cc5c5cc(C(C)(C)C)ccc54)cc3)c3ccccc23)cc1. The Hall–Kier alpha value is -7.78.